The van der Waals surface area contributed by atoms with Crippen LogP contribution in [0.5, 0.6) is 0 Å². The molecule has 0 saturated carbocycles. The van der Waals surface area contributed by atoms with Crippen molar-refractivity contribution in [3.8, 4) is 0 Å². The molecule has 2 N–H and O–H groups in total. The van der Waals surface area contributed by atoms with E-state index in [0.29, 0.717) is 9.79 Å². The zero-order chi connectivity index (χ0) is 49.1. The van der Waals surface area contributed by atoms with Gasteiger partial charge in [-0.3, -0.25) is 0 Å². The third kappa shape index (κ3) is 12.2. The van der Waals surface area contributed by atoms with Crippen molar-refractivity contribution in [3.05, 3.63) is 313 Å². The maximum absolute atomic E-state index is 11.1. The van der Waals surface area contributed by atoms with Crippen LogP contribution in [0.4, 0.5) is 0 Å². The van der Waals surface area contributed by atoms with Crippen molar-refractivity contribution in [3.63, 3.8) is 0 Å². The minimum absolute atomic E-state index is 0.160. The molecular formula is C64H56O4P2S. The topological polar surface area (TPSA) is 74.6 Å². The second-order valence-corrected chi connectivity index (χ2v) is 25.9. The Kier molecular flexibility index (Phi) is 17.4. The summed E-state index contributed by atoms with van der Waals surface area (Å²) in [5, 5.41) is 26.9. The average Bonchev–Trinajstić information content (AvgIpc) is 3.44. The molecule has 0 aliphatic heterocycles. The Bertz CT molecular complexity index is 2790. The van der Waals surface area contributed by atoms with Gasteiger partial charge in [-0.05, 0) is 24.3 Å². The molecule has 0 aliphatic carbocycles. The molecule has 0 amide bonds. The SMILES string of the molecule is O=C(O)c1ccccc1Sc1ccccc1C(=O)O.c1ccc(C[PH](c2ccccc2)(c2ccccc2)c2ccccc2)cc1.c1ccc(C[PH](c2ccccc2)(c2ccccc2)c2ccccc2)cc1. The molecule has 352 valence electrons. The van der Waals surface area contributed by atoms with Gasteiger partial charge in [0.05, 0.1) is 11.1 Å². The molecule has 0 atom stereocenters. The Labute approximate surface area is 423 Å². The van der Waals surface area contributed by atoms with Crippen LogP contribution < -0.4 is 31.8 Å². The summed E-state index contributed by atoms with van der Waals surface area (Å²) in [6.45, 7) is 0. The number of carboxylic acids is 2. The first-order valence-electron chi connectivity index (χ1n) is 23.6. The van der Waals surface area contributed by atoms with Crippen LogP contribution in [0.3, 0.4) is 0 Å². The van der Waals surface area contributed by atoms with E-state index >= 15 is 0 Å². The summed E-state index contributed by atoms with van der Waals surface area (Å²) in [5.41, 5.74) is 3.12. The van der Waals surface area contributed by atoms with E-state index in [0.717, 1.165) is 24.1 Å². The van der Waals surface area contributed by atoms with Crippen molar-refractivity contribution in [1.29, 1.82) is 0 Å². The summed E-state index contributed by atoms with van der Waals surface area (Å²) >= 11 is 1.14. The first-order chi connectivity index (χ1) is 34.9. The first-order valence-corrected chi connectivity index (χ1v) is 28.8. The molecule has 0 bridgehead atoms. The summed E-state index contributed by atoms with van der Waals surface area (Å²) in [6.07, 6.45) is 2.12. The zero-order valence-corrected chi connectivity index (χ0v) is 42.1. The molecule has 0 heterocycles. The van der Waals surface area contributed by atoms with E-state index in [2.05, 4.69) is 243 Å². The Morgan fingerprint density at radius 2 is 0.479 bits per heavy atom. The van der Waals surface area contributed by atoms with Crippen LogP contribution in [0.25, 0.3) is 0 Å². The normalized spacial score (nSPS) is 11.4. The summed E-state index contributed by atoms with van der Waals surface area (Å²) < 4.78 is 0. The van der Waals surface area contributed by atoms with Crippen molar-refractivity contribution in [1.82, 2.24) is 0 Å². The van der Waals surface area contributed by atoms with E-state index in [1.165, 1.54) is 55.1 Å². The summed E-state index contributed by atoms with van der Waals surface area (Å²) in [7, 11) is -4.33. The van der Waals surface area contributed by atoms with Gasteiger partial charge in [-0.1, -0.05) is 36.0 Å². The molecule has 4 nitrogen and oxygen atoms in total. The van der Waals surface area contributed by atoms with Crippen molar-refractivity contribution >= 4 is 70.1 Å². The fraction of sp³-hybridized carbons (Fsp3) is 0.0312. The molecule has 71 heavy (non-hydrogen) atoms. The van der Waals surface area contributed by atoms with Gasteiger partial charge in [0.2, 0.25) is 0 Å². The Morgan fingerprint density at radius 3 is 0.704 bits per heavy atom. The number of carbonyl (C=O) groups is 2. The summed E-state index contributed by atoms with van der Waals surface area (Å²) in [5.74, 6) is -2.06. The van der Waals surface area contributed by atoms with E-state index in [1.807, 2.05) is 0 Å². The van der Waals surface area contributed by atoms with E-state index < -0.39 is 26.5 Å². The third-order valence-corrected chi connectivity index (χ3v) is 23.6. The van der Waals surface area contributed by atoms with Crippen LogP contribution in [-0.4, -0.2) is 22.2 Å². The molecule has 0 aromatic heterocycles. The zero-order valence-electron chi connectivity index (χ0n) is 39.2. The third-order valence-electron chi connectivity index (χ3n) is 12.7. The molecule has 10 aromatic rings. The second-order valence-electron chi connectivity index (χ2n) is 17.0. The predicted molar refractivity (Wildman–Crippen MR) is 304 cm³/mol. The predicted octanol–water partition coefficient (Wildman–Crippen LogP) is 13.1. The molecule has 10 rings (SSSR count). The summed E-state index contributed by atoms with van der Waals surface area (Å²) in [4.78, 5) is 23.2. The molecule has 0 fully saturated rings. The van der Waals surface area contributed by atoms with Crippen LogP contribution >= 0.6 is 26.3 Å². The van der Waals surface area contributed by atoms with Crippen molar-refractivity contribution in [2.24, 2.45) is 0 Å². The first kappa shape index (κ1) is 49.8. The number of rotatable bonds is 14. The molecular weight excluding hydrogens is 927 g/mol. The van der Waals surface area contributed by atoms with Crippen molar-refractivity contribution in [2.45, 2.75) is 22.1 Å². The van der Waals surface area contributed by atoms with Gasteiger partial charge in [0.15, 0.2) is 0 Å². The fourth-order valence-electron chi connectivity index (χ4n) is 9.34. The Balaban J connectivity index is 0.000000145. The van der Waals surface area contributed by atoms with Gasteiger partial charge >= 0.3 is 324 Å². The molecule has 0 spiro atoms. The van der Waals surface area contributed by atoms with Crippen LogP contribution in [0.2, 0.25) is 0 Å². The maximum atomic E-state index is 11.1. The number of benzene rings is 10. The number of carboxylic acid groups (broad SMARTS) is 2. The molecule has 0 unspecified atom stereocenters. The van der Waals surface area contributed by atoms with Gasteiger partial charge < -0.3 is 10.2 Å². The monoisotopic (exact) mass is 982 g/mol. The van der Waals surface area contributed by atoms with Crippen molar-refractivity contribution < 1.29 is 19.8 Å². The van der Waals surface area contributed by atoms with Crippen LogP contribution in [0, 0.1) is 0 Å². The van der Waals surface area contributed by atoms with Gasteiger partial charge in [0.1, 0.15) is 0 Å². The van der Waals surface area contributed by atoms with E-state index in [-0.39, 0.29) is 11.1 Å². The van der Waals surface area contributed by atoms with Crippen LogP contribution in [0.15, 0.2) is 301 Å². The minimum atomic E-state index is -2.16. The Morgan fingerprint density at radius 1 is 0.282 bits per heavy atom. The van der Waals surface area contributed by atoms with Crippen molar-refractivity contribution in [2.75, 3.05) is 0 Å². The van der Waals surface area contributed by atoms with Gasteiger partial charge in [-0.2, -0.15) is 0 Å². The van der Waals surface area contributed by atoms with E-state index in [4.69, 9.17) is 10.2 Å². The van der Waals surface area contributed by atoms with Gasteiger partial charge in [0.25, 0.3) is 0 Å². The average molecular weight is 983 g/mol. The fourth-order valence-corrected chi connectivity index (χ4v) is 19.9. The Hall–Kier alpha value is -7.65. The number of hydrogen-bond acceptors (Lipinski definition) is 3. The molecule has 7 heteroatoms. The van der Waals surface area contributed by atoms with E-state index in [1.54, 1.807) is 36.4 Å². The molecule has 10 aromatic carbocycles. The quantitative estimate of drug-likeness (QED) is 0.106. The molecule has 0 radical (unpaired) electrons. The standard InChI is InChI=1S/2C25H23P.C14H10O4S/c2*1-5-13-22(14-6-1)21-26(23-15-7-2-8-16-23,24-17-9-3-10-18-24)25-19-11-4-12-20-25;15-13(16)9-5-1-3-7-11(9)19-12-8-4-2-6-10(12)14(17)18/h2*1-20,26H,21H2;1-8H,(H,15,16)(H,17,18). The second kappa shape index (κ2) is 24.8. The molecule has 0 aliphatic rings. The van der Waals surface area contributed by atoms with Crippen LogP contribution in [0.1, 0.15) is 31.8 Å². The number of aromatic carboxylic acids is 2. The van der Waals surface area contributed by atoms with E-state index in [9.17, 15) is 9.59 Å². The summed E-state index contributed by atoms with van der Waals surface area (Å²) in [6, 6.07) is 101. The van der Waals surface area contributed by atoms with Gasteiger partial charge in [0, 0.05) is 9.79 Å². The number of hydrogen-bond donors (Lipinski definition) is 2. The van der Waals surface area contributed by atoms with Crippen LogP contribution in [-0.2, 0) is 12.3 Å². The van der Waals surface area contributed by atoms with Gasteiger partial charge in [-0.25, -0.2) is 9.59 Å². The molecule has 0 saturated heterocycles. The van der Waals surface area contributed by atoms with Gasteiger partial charge in [-0.15, -0.1) is 0 Å².